The first-order chi connectivity index (χ1) is 12.5. The average Bonchev–Trinajstić information content (AvgIpc) is 3.07. The molecule has 0 bridgehead atoms. The van der Waals surface area contributed by atoms with E-state index in [1.165, 1.54) is 6.07 Å². The van der Waals surface area contributed by atoms with Crippen LogP contribution in [0.4, 0.5) is 14.5 Å². The number of imidazole rings is 1. The summed E-state index contributed by atoms with van der Waals surface area (Å²) < 4.78 is 29.0. The van der Waals surface area contributed by atoms with Crippen LogP contribution in [0.5, 0.6) is 0 Å². The summed E-state index contributed by atoms with van der Waals surface area (Å²) in [5.74, 6) is -2.22. The van der Waals surface area contributed by atoms with E-state index in [0.29, 0.717) is 10.2 Å². The minimum absolute atomic E-state index is 0.0512. The van der Waals surface area contributed by atoms with Crippen LogP contribution in [0, 0.1) is 18.6 Å². The first-order valence-electron chi connectivity index (χ1n) is 7.63. The highest BCUT2D eigenvalue weighted by Crippen LogP contribution is 2.27. The number of aromatic nitrogens is 2. The van der Waals surface area contributed by atoms with Gasteiger partial charge in [-0.05, 0) is 36.8 Å². The fourth-order valence-corrected chi connectivity index (χ4v) is 3.30. The highest BCUT2D eigenvalue weighted by atomic mass is 35.5. The Balaban J connectivity index is 1.72. The molecule has 0 atom stereocenters. The number of thioether (sulfide) groups is 1. The Morgan fingerprint density at radius 2 is 1.92 bits per heavy atom. The van der Waals surface area contributed by atoms with Crippen LogP contribution in [-0.4, -0.2) is 21.2 Å². The molecule has 2 aromatic carbocycles. The van der Waals surface area contributed by atoms with Crippen molar-refractivity contribution in [2.75, 3.05) is 11.1 Å². The molecule has 3 aromatic rings. The minimum atomic E-state index is -0.820. The fourth-order valence-electron chi connectivity index (χ4n) is 2.36. The van der Waals surface area contributed by atoms with Crippen molar-refractivity contribution in [3.8, 4) is 5.69 Å². The highest BCUT2D eigenvalue weighted by Gasteiger charge is 2.14. The number of nitrogens with one attached hydrogen (secondary N) is 1. The Hall–Kier alpha value is -2.38. The molecule has 0 radical (unpaired) electrons. The molecule has 4 nitrogen and oxygen atoms in total. The summed E-state index contributed by atoms with van der Waals surface area (Å²) in [6.45, 7) is 1.89. The second-order valence-corrected chi connectivity index (χ2v) is 6.75. The molecule has 26 heavy (non-hydrogen) atoms. The van der Waals surface area contributed by atoms with Crippen LogP contribution in [-0.2, 0) is 4.79 Å². The fraction of sp³-hybridized carbons (Fsp3) is 0.111. The summed E-state index contributed by atoms with van der Waals surface area (Å²) in [5.41, 5.74) is 1.28. The van der Waals surface area contributed by atoms with Crippen LogP contribution < -0.4 is 5.32 Å². The maximum atomic E-state index is 13.6. The molecule has 3 rings (SSSR count). The second kappa shape index (κ2) is 7.88. The van der Waals surface area contributed by atoms with Crippen molar-refractivity contribution in [2.45, 2.75) is 12.1 Å². The Kier molecular flexibility index (Phi) is 5.58. The van der Waals surface area contributed by atoms with Gasteiger partial charge in [0.1, 0.15) is 17.3 Å². The van der Waals surface area contributed by atoms with E-state index in [9.17, 15) is 13.6 Å². The number of anilines is 1. The van der Waals surface area contributed by atoms with Gasteiger partial charge in [-0.2, -0.15) is 0 Å². The molecule has 0 saturated carbocycles. The summed E-state index contributed by atoms with van der Waals surface area (Å²) in [7, 11) is 0. The monoisotopic (exact) mass is 393 g/mol. The number of carbonyl (C=O) groups is 1. The van der Waals surface area contributed by atoms with Crippen molar-refractivity contribution in [3.63, 3.8) is 0 Å². The smallest absolute Gasteiger partial charge is 0.235 e. The van der Waals surface area contributed by atoms with E-state index >= 15 is 0 Å². The van der Waals surface area contributed by atoms with E-state index in [2.05, 4.69) is 10.3 Å². The third kappa shape index (κ3) is 3.89. The Morgan fingerprint density at radius 1 is 1.23 bits per heavy atom. The number of hydrogen-bond donors (Lipinski definition) is 1. The molecule has 1 heterocycles. The van der Waals surface area contributed by atoms with Gasteiger partial charge in [-0.3, -0.25) is 9.36 Å². The van der Waals surface area contributed by atoms with E-state index in [-0.39, 0.29) is 5.75 Å². The van der Waals surface area contributed by atoms with Crippen LogP contribution in [0.15, 0.2) is 53.9 Å². The molecule has 0 saturated heterocycles. The Labute approximate surface area is 158 Å². The lowest BCUT2D eigenvalue weighted by Gasteiger charge is -2.11. The lowest BCUT2D eigenvalue weighted by molar-refractivity contribution is -0.113. The van der Waals surface area contributed by atoms with E-state index in [1.807, 2.05) is 23.6 Å². The number of halogens is 3. The van der Waals surface area contributed by atoms with E-state index in [1.54, 1.807) is 18.5 Å². The molecule has 0 fully saturated rings. The van der Waals surface area contributed by atoms with Gasteiger partial charge in [0.25, 0.3) is 0 Å². The van der Waals surface area contributed by atoms with Gasteiger partial charge >= 0.3 is 0 Å². The number of hydrogen-bond acceptors (Lipinski definition) is 3. The molecule has 1 amide bonds. The standard InChI is InChI=1S/C18H14ClF2N3OS/c1-11-12(19)4-2-7-15(11)24-9-8-22-18(24)26-10-16(25)23-17-13(20)5-3-6-14(17)21/h2-9H,10H2,1H3,(H,23,25). The molecular formula is C18H14ClF2N3OS. The average molecular weight is 394 g/mol. The molecular weight excluding hydrogens is 380 g/mol. The molecule has 0 aliphatic carbocycles. The van der Waals surface area contributed by atoms with Gasteiger partial charge < -0.3 is 5.32 Å². The molecule has 134 valence electrons. The molecule has 8 heteroatoms. The third-order valence-electron chi connectivity index (χ3n) is 3.66. The second-order valence-electron chi connectivity index (χ2n) is 5.40. The molecule has 0 spiro atoms. The number of amides is 1. The van der Waals surface area contributed by atoms with Crippen LogP contribution >= 0.6 is 23.4 Å². The number of benzene rings is 2. The highest BCUT2D eigenvalue weighted by molar-refractivity contribution is 7.99. The number of carbonyl (C=O) groups excluding carboxylic acids is 1. The van der Waals surface area contributed by atoms with Crippen LogP contribution in [0.3, 0.4) is 0 Å². The quantitative estimate of drug-likeness (QED) is 0.631. The SMILES string of the molecule is Cc1c(Cl)cccc1-n1ccnc1SCC(=O)Nc1c(F)cccc1F. The molecule has 0 aliphatic heterocycles. The molecule has 0 unspecified atom stereocenters. The van der Waals surface area contributed by atoms with Crippen LogP contribution in [0.25, 0.3) is 5.69 Å². The van der Waals surface area contributed by atoms with Crippen molar-refractivity contribution in [2.24, 2.45) is 0 Å². The van der Waals surface area contributed by atoms with Gasteiger partial charge in [-0.15, -0.1) is 0 Å². The van der Waals surface area contributed by atoms with E-state index in [4.69, 9.17) is 11.6 Å². The summed E-state index contributed by atoms with van der Waals surface area (Å²) in [6, 6.07) is 8.91. The van der Waals surface area contributed by atoms with Gasteiger partial charge in [-0.1, -0.05) is 35.5 Å². The van der Waals surface area contributed by atoms with Crippen LogP contribution in [0.2, 0.25) is 5.02 Å². The molecule has 1 N–H and O–H groups in total. The number of rotatable bonds is 5. The van der Waals surface area contributed by atoms with Crippen molar-refractivity contribution < 1.29 is 13.6 Å². The van der Waals surface area contributed by atoms with Gasteiger partial charge in [0.2, 0.25) is 5.91 Å². The summed E-state index contributed by atoms with van der Waals surface area (Å²) in [6.07, 6.45) is 3.37. The normalized spacial score (nSPS) is 10.8. The first-order valence-corrected chi connectivity index (χ1v) is 8.99. The van der Waals surface area contributed by atoms with Crippen molar-refractivity contribution >= 4 is 35.0 Å². The van der Waals surface area contributed by atoms with Gasteiger partial charge in [0.05, 0.1) is 11.4 Å². The zero-order chi connectivity index (χ0) is 18.7. The predicted octanol–water partition coefficient (Wildman–Crippen LogP) is 4.84. The van der Waals surface area contributed by atoms with E-state index < -0.39 is 23.2 Å². The maximum absolute atomic E-state index is 13.6. The zero-order valence-electron chi connectivity index (χ0n) is 13.7. The number of nitrogens with zero attached hydrogens (tertiary/aromatic N) is 2. The largest absolute Gasteiger partial charge is 0.320 e. The summed E-state index contributed by atoms with van der Waals surface area (Å²) in [4.78, 5) is 16.3. The summed E-state index contributed by atoms with van der Waals surface area (Å²) in [5, 5.41) is 3.45. The van der Waals surface area contributed by atoms with Crippen molar-refractivity contribution in [3.05, 3.63) is 71.0 Å². The van der Waals surface area contributed by atoms with Crippen molar-refractivity contribution in [1.29, 1.82) is 0 Å². The minimum Gasteiger partial charge on any atom is -0.320 e. The zero-order valence-corrected chi connectivity index (χ0v) is 15.2. The lowest BCUT2D eigenvalue weighted by Crippen LogP contribution is -2.16. The van der Waals surface area contributed by atoms with E-state index in [0.717, 1.165) is 35.1 Å². The molecule has 1 aromatic heterocycles. The predicted molar refractivity (Wildman–Crippen MR) is 99.0 cm³/mol. The van der Waals surface area contributed by atoms with Gasteiger partial charge in [0.15, 0.2) is 5.16 Å². The Morgan fingerprint density at radius 3 is 2.65 bits per heavy atom. The van der Waals surface area contributed by atoms with Gasteiger partial charge in [-0.25, -0.2) is 13.8 Å². The lowest BCUT2D eigenvalue weighted by atomic mass is 10.2. The van der Waals surface area contributed by atoms with Crippen molar-refractivity contribution in [1.82, 2.24) is 9.55 Å². The molecule has 0 aliphatic rings. The topological polar surface area (TPSA) is 46.9 Å². The van der Waals surface area contributed by atoms with Crippen LogP contribution in [0.1, 0.15) is 5.56 Å². The summed E-state index contributed by atoms with van der Waals surface area (Å²) >= 11 is 7.31. The third-order valence-corrected chi connectivity index (χ3v) is 5.04. The van der Waals surface area contributed by atoms with Gasteiger partial charge in [0, 0.05) is 17.4 Å². The number of para-hydroxylation sites is 1. The maximum Gasteiger partial charge on any atom is 0.235 e. The Bertz CT molecular complexity index is 941. The first kappa shape index (κ1) is 18.4.